The van der Waals surface area contributed by atoms with Crippen molar-refractivity contribution in [2.24, 2.45) is 0 Å². The van der Waals surface area contributed by atoms with E-state index in [2.05, 4.69) is 64.0 Å². The molecule has 0 spiro atoms. The summed E-state index contributed by atoms with van der Waals surface area (Å²) in [6, 6.07) is 3.41. The van der Waals surface area contributed by atoms with Gasteiger partial charge in [-0.2, -0.15) is 0 Å². The highest BCUT2D eigenvalue weighted by Crippen LogP contribution is 2.43. The van der Waals surface area contributed by atoms with Crippen LogP contribution in [0.15, 0.2) is 18.5 Å². The molecule has 0 radical (unpaired) electrons. The molecule has 5 heteroatoms. The number of hydrogen-bond acceptors (Lipinski definition) is 2. The summed E-state index contributed by atoms with van der Waals surface area (Å²) in [5.41, 5.74) is 2.56. The number of nitrogens with zero attached hydrogens (tertiary/aromatic N) is 2. The summed E-state index contributed by atoms with van der Waals surface area (Å²) < 4.78 is 9.35. The summed E-state index contributed by atoms with van der Waals surface area (Å²) in [4.78, 5) is 4.59. The first-order valence-corrected chi connectivity index (χ1v) is 12.5. The van der Waals surface area contributed by atoms with E-state index in [1.165, 1.54) is 33.4 Å². The molecule has 0 aliphatic heterocycles. The molecular formula is C16H23IN2OSi. The van der Waals surface area contributed by atoms with Gasteiger partial charge in [-0.25, -0.2) is 4.98 Å². The quantitative estimate of drug-likeness (QED) is 0.385. The van der Waals surface area contributed by atoms with Crippen molar-refractivity contribution >= 4 is 41.7 Å². The van der Waals surface area contributed by atoms with E-state index in [1.54, 1.807) is 0 Å². The molecular weight excluding hydrogens is 391 g/mol. The lowest BCUT2D eigenvalue weighted by molar-refractivity contribution is 0.0898. The highest BCUT2D eigenvalue weighted by atomic mass is 127. The van der Waals surface area contributed by atoms with Crippen molar-refractivity contribution in [3.8, 4) is 0 Å². The van der Waals surface area contributed by atoms with Crippen molar-refractivity contribution in [3.63, 3.8) is 0 Å². The second-order valence-electron chi connectivity index (χ2n) is 7.17. The van der Waals surface area contributed by atoms with Gasteiger partial charge in [0, 0.05) is 36.0 Å². The Morgan fingerprint density at radius 2 is 2.14 bits per heavy atom. The second kappa shape index (κ2) is 6.00. The minimum atomic E-state index is -1.01. The summed E-state index contributed by atoms with van der Waals surface area (Å²) >= 11 is 2.43. The largest absolute Gasteiger partial charge is 0.361 e. The standard InChI is InChI=1S/C16H23IN2OSi/c1-21(2,3)9-8-20-11-19-10-14(17)15-13(12-4-5-12)6-7-18-16(15)19/h6-7,10,12H,4-5,8-9,11H2,1-3H3. The van der Waals surface area contributed by atoms with E-state index in [9.17, 15) is 0 Å². The molecule has 0 aromatic carbocycles. The fourth-order valence-corrected chi connectivity index (χ4v) is 4.21. The third-order valence-electron chi connectivity index (χ3n) is 3.99. The van der Waals surface area contributed by atoms with Gasteiger partial charge in [-0.15, -0.1) is 0 Å². The maximum Gasteiger partial charge on any atom is 0.143 e. The van der Waals surface area contributed by atoms with E-state index in [1.807, 2.05) is 6.20 Å². The van der Waals surface area contributed by atoms with Gasteiger partial charge in [0.2, 0.25) is 0 Å². The lowest BCUT2D eigenvalue weighted by Crippen LogP contribution is -2.22. The Kier molecular flexibility index (Phi) is 4.43. The first-order chi connectivity index (χ1) is 9.96. The summed E-state index contributed by atoms with van der Waals surface area (Å²) in [5.74, 6) is 0.757. The van der Waals surface area contributed by atoms with Crippen LogP contribution in [0.1, 0.15) is 24.3 Å². The zero-order chi connectivity index (χ0) is 15.0. The van der Waals surface area contributed by atoms with Gasteiger partial charge in [-0.1, -0.05) is 19.6 Å². The van der Waals surface area contributed by atoms with Crippen LogP contribution in [0.2, 0.25) is 25.7 Å². The predicted octanol–water partition coefficient (Wildman–Crippen LogP) is 4.83. The Labute approximate surface area is 141 Å². The number of rotatable bonds is 6. The maximum absolute atomic E-state index is 5.89. The average Bonchev–Trinajstić information content (AvgIpc) is 3.20. The van der Waals surface area contributed by atoms with Crippen LogP contribution in [-0.2, 0) is 11.5 Å². The Bertz CT molecular complexity index is 643. The van der Waals surface area contributed by atoms with Gasteiger partial charge >= 0.3 is 0 Å². The molecule has 3 rings (SSSR count). The SMILES string of the molecule is C[Si](C)(C)CCOCn1cc(I)c2c(C3CC3)ccnc21. The second-order valence-corrected chi connectivity index (χ2v) is 14.0. The summed E-state index contributed by atoms with van der Waals surface area (Å²) in [7, 11) is -1.01. The predicted molar refractivity (Wildman–Crippen MR) is 98.5 cm³/mol. The van der Waals surface area contributed by atoms with Crippen LogP contribution in [0, 0.1) is 3.57 Å². The molecule has 0 unspecified atom stereocenters. The summed E-state index contributed by atoms with van der Waals surface area (Å²) in [6.07, 6.45) is 6.78. The Morgan fingerprint density at radius 1 is 1.38 bits per heavy atom. The fourth-order valence-electron chi connectivity index (χ4n) is 2.56. The summed E-state index contributed by atoms with van der Waals surface area (Å²) in [5, 5.41) is 1.34. The van der Waals surface area contributed by atoms with E-state index < -0.39 is 8.07 Å². The molecule has 1 saturated carbocycles. The molecule has 0 amide bonds. The number of halogens is 1. The number of ether oxygens (including phenoxy) is 1. The normalized spacial score (nSPS) is 15.8. The third kappa shape index (κ3) is 3.68. The number of aromatic nitrogens is 2. The highest BCUT2D eigenvalue weighted by Gasteiger charge is 2.27. The van der Waals surface area contributed by atoms with Crippen LogP contribution < -0.4 is 0 Å². The molecule has 2 aromatic rings. The first-order valence-electron chi connectivity index (χ1n) is 7.67. The minimum absolute atomic E-state index is 0.616. The zero-order valence-electron chi connectivity index (χ0n) is 13.0. The van der Waals surface area contributed by atoms with Crippen molar-refractivity contribution in [1.29, 1.82) is 0 Å². The monoisotopic (exact) mass is 414 g/mol. The highest BCUT2D eigenvalue weighted by molar-refractivity contribution is 14.1. The van der Waals surface area contributed by atoms with Crippen LogP contribution in [0.4, 0.5) is 0 Å². The van der Waals surface area contributed by atoms with E-state index in [0.717, 1.165) is 18.2 Å². The van der Waals surface area contributed by atoms with Crippen molar-refractivity contribution < 1.29 is 4.74 Å². The van der Waals surface area contributed by atoms with Gasteiger partial charge in [0.25, 0.3) is 0 Å². The lowest BCUT2D eigenvalue weighted by atomic mass is 10.1. The molecule has 2 heterocycles. The molecule has 1 aliphatic rings. The fraction of sp³-hybridized carbons (Fsp3) is 0.562. The smallest absolute Gasteiger partial charge is 0.143 e. The molecule has 0 bridgehead atoms. The number of hydrogen-bond donors (Lipinski definition) is 0. The zero-order valence-corrected chi connectivity index (χ0v) is 16.2. The van der Waals surface area contributed by atoms with Gasteiger partial charge in [-0.3, -0.25) is 0 Å². The maximum atomic E-state index is 5.89. The molecule has 3 nitrogen and oxygen atoms in total. The van der Waals surface area contributed by atoms with Gasteiger partial charge in [0.1, 0.15) is 12.4 Å². The molecule has 0 atom stereocenters. The first kappa shape index (κ1) is 15.5. The Hall–Kier alpha value is -0.403. The van der Waals surface area contributed by atoms with Crippen LogP contribution in [0.5, 0.6) is 0 Å². The van der Waals surface area contributed by atoms with Crippen molar-refractivity contribution in [2.75, 3.05) is 6.61 Å². The van der Waals surface area contributed by atoms with E-state index >= 15 is 0 Å². The van der Waals surface area contributed by atoms with Crippen molar-refractivity contribution in [3.05, 3.63) is 27.6 Å². The topological polar surface area (TPSA) is 27.1 Å². The third-order valence-corrected chi connectivity index (χ3v) is 6.51. The molecule has 1 aliphatic carbocycles. The van der Waals surface area contributed by atoms with Crippen LogP contribution >= 0.6 is 22.6 Å². The molecule has 114 valence electrons. The number of pyridine rings is 1. The molecule has 0 saturated heterocycles. The van der Waals surface area contributed by atoms with Gasteiger partial charge in [0.05, 0.1) is 0 Å². The van der Waals surface area contributed by atoms with Crippen LogP contribution in [0.3, 0.4) is 0 Å². The average molecular weight is 414 g/mol. The summed E-state index contributed by atoms with van der Waals surface area (Å²) in [6.45, 7) is 8.62. The van der Waals surface area contributed by atoms with Gasteiger partial charge in [0.15, 0.2) is 0 Å². The van der Waals surface area contributed by atoms with Gasteiger partial charge < -0.3 is 9.30 Å². The minimum Gasteiger partial charge on any atom is -0.361 e. The van der Waals surface area contributed by atoms with E-state index in [4.69, 9.17) is 4.74 Å². The van der Waals surface area contributed by atoms with Gasteiger partial charge in [-0.05, 0) is 59.0 Å². The van der Waals surface area contributed by atoms with Crippen LogP contribution in [-0.4, -0.2) is 24.2 Å². The lowest BCUT2D eigenvalue weighted by Gasteiger charge is -2.15. The number of fused-ring (bicyclic) bond motifs is 1. The molecule has 21 heavy (non-hydrogen) atoms. The Morgan fingerprint density at radius 3 is 2.81 bits per heavy atom. The molecule has 0 N–H and O–H groups in total. The van der Waals surface area contributed by atoms with Crippen molar-refractivity contribution in [1.82, 2.24) is 9.55 Å². The van der Waals surface area contributed by atoms with Crippen LogP contribution in [0.25, 0.3) is 11.0 Å². The van der Waals surface area contributed by atoms with E-state index in [-0.39, 0.29) is 0 Å². The van der Waals surface area contributed by atoms with E-state index in [0.29, 0.717) is 6.73 Å². The van der Waals surface area contributed by atoms with Crippen molar-refractivity contribution in [2.45, 2.75) is 51.2 Å². The molecule has 2 aromatic heterocycles. The Balaban J connectivity index is 1.76. The molecule has 1 fully saturated rings.